The summed E-state index contributed by atoms with van der Waals surface area (Å²) in [5.74, 6) is 0. The van der Waals surface area contributed by atoms with Crippen LogP contribution in [0.3, 0.4) is 0 Å². The molecule has 1 saturated carbocycles. The third kappa shape index (κ3) is 5.74. The molecule has 0 heterocycles. The summed E-state index contributed by atoms with van der Waals surface area (Å²) in [6.45, 7) is 2.03. The Morgan fingerprint density at radius 1 is 1.36 bits per heavy atom. The van der Waals surface area contributed by atoms with E-state index in [0.717, 1.165) is 12.8 Å². The van der Waals surface area contributed by atoms with Gasteiger partial charge in [0.1, 0.15) is 0 Å². The minimum atomic E-state index is 0. The van der Waals surface area contributed by atoms with Crippen LogP contribution in [-0.2, 0) is 0 Å². The maximum absolute atomic E-state index is 5.84. The number of halogens is 2. The van der Waals surface area contributed by atoms with E-state index in [9.17, 15) is 0 Å². The van der Waals surface area contributed by atoms with Gasteiger partial charge in [0.2, 0.25) is 0 Å². The van der Waals surface area contributed by atoms with Crippen molar-refractivity contribution in [1.82, 2.24) is 0 Å². The van der Waals surface area contributed by atoms with Gasteiger partial charge in [0.15, 0.2) is 0 Å². The van der Waals surface area contributed by atoms with Gasteiger partial charge in [-0.1, -0.05) is 0 Å². The van der Waals surface area contributed by atoms with E-state index in [1.54, 1.807) is 0 Å². The molecule has 4 N–H and O–H groups in total. The predicted octanol–water partition coefficient (Wildman–Crippen LogP) is 1.45. The Morgan fingerprint density at radius 2 is 1.82 bits per heavy atom. The second-order valence-electron chi connectivity index (χ2n) is 3.38. The van der Waals surface area contributed by atoms with E-state index in [0.29, 0.717) is 6.04 Å². The van der Waals surface area contributed by atoms with Crippen LogP contribution >= 0.6 is 24.8 Å². The Kier molecular flexibility index (Phi) is 6.64. The van der Waals surface area contributed by atoms with Crippen LogP contribution in [0.1, 0.15) is 32.6 Å². The second-order valence-corrected chi connectivity index (χ2v) is 3.38. The normalized spacial score (nSPS) is 21.0. The van der Waals surface area contributed by atoms with Crippen molar-refractivity contribution in [3.63, 3.8) is 0 Å². The predicted molar refractivity (Wildman–Crippen MR) is 53.5 cm³/mol. The Labute approximate surface area is 80.9 Å². The molecule has 1 atom stereocenters. The van der Waals surface area contributed by atoms with Gasteiger partial charge in [0.25, 0.3) is 0 Å². The Bertz CT molecular complexity index is 103. The Balaban J connectivity index is 0. The van der Waals surface area contributed by atoms with E-state index in [-0.39, 0.29) is 30.4 Å². The second kappa shape index (κ2) is 5.20. The van der Waals surface area contributed by atoms with Crippen LogP contribution in [0.4, 0.5) is 0 Å². The van der Waals surface area contributed by atoms with Crippen LogP contribution in [0.25, 0.3) is 0 Å². The van der Waals surface area contributed by atoms with Crippen LogP contribution in [0.5, 0.6) is 0 Å². The molecule has 0 aromatic rings. The molecule has 0 spiro atoms. The van der Waals surface area contributed by atoms with Gasteiger partial charge in [0, 0.05) is 11.6 Å². The van der Waals surface area contributed by atoms with Crippen LogP contribution in [0, 0.1) is 0 Å². The maximum atomic E-state index is 5.84. The Hall–Kier alpha value is 0.500. The number of hydrogen-bond donors (Lipinski definition) is 2. The maximum Gasteiger partial charge on any atom is 0.0156 e. The van der Waals surface area contributed by atoms with E-state index < -0.39 is 0 Å². The van der Waals surface area contributed by atoms with Gasteiger partial charge in [-0.05, 0) is 32.6 Å². The third-order valence-corrected chi connectivity index (χ3v) is 1.99. The average Bonchev–Trinajstić information content (AvgIpc) is 2.45. The first-order chi connectivity index (χ1) is 4.12. The molecule has 4 heteroatoms. The molecule has 0 saturated heterocycles. The SMILES string of the molecule is C[C@H](N)CCC1(N)CC1.Cl.Cl. The fourth-order valence-corrected chi connectivity index (χ4v) is 0.926. The van der Waals surface area contributed by atoms with E-state index in [2.05, 4.69) is 0 Å². The summed E-state index contributed by atoms with van der Waals surface area (Å²) in [6.07, 6.45) is 4.61. The molecule has 1 rings (SSSR count). The van der Waals surface area contributed by atoms with Crippen molar-refractivity contribution in [1.29, 1.82) is 0 Å². The van der Waals surface area contributed by atoms with Crippen molar-refractivity contribution >= 4 is 24.8 Å². The molecule has 0 unspecified atom stereocenters. The summed E-state index contributed by atoms with van der Waals surface area (Å²) >= 11 is 0. The van der Waals surface area contributed by atoms with Crippen LogP contribution < -0.4 is 11.5 Å². The zero-order valence-corrected chi connectivity index (χ0v) is 8.51. The van der Waals surface area contributed by atoms with Crippen LogP contribution in [0.2, 0.25) is 0 Å². The minimum Gasteiger partial charge on any atom is -0.328 e. The fourth-order valence-electron chi connectivity index (χ4n) is 0.926. The monoisotopic (exact) mass is 200 g/mol. The van der Waals surface area contributed by atoms with Crippen molar-refractivity contribution in [3.05, 3.63) is 0 Å². The summed E-state index contributed by atoms with van der Waals surface area (Å²) in [5.41, 5.74) is 11.6. The van der Waals surface area contributed by atoms with Crippen molar-refractivity contribution in [2.75, 3.05) is 0 Å². The zero-order chi connectivity index (χ0) is 6.91. The molecule has 1 fully saturated rings. The molecular weight excluding hydrogens is 183 g/mol. The molecular formula is C7H18Cl2N2. The molecule has 0 aromatic heterocycles. The highest BCUT2D eigenvalue weighted by Gasteiger charge is 2.37. The molecule has 0 bridgehead atoms. The van der Waals surface area contributed by atoms with Crippen LogP contribution in [-0.4, -0.2) is 11.6 Å². The van der Waals surface area contributed by atoms with Gasteiger partial charge in [-0.15, -0.1) is 24.8 Å². The van der Waals surface area contributed by atoms with E-state index >= 15 is 0 Å². The van der Waals surface area contributed by atoms with E-state index in [1.807, 2.05) is 6.92 Å². The molecule has 70 valence electrons. The highest BCUT2D eigenvalue weighted by molar-refractivity contribution is 5.85. The first-order valence-electron chi connectivity index (χ1n) is 3.67. The van der Waals surface area contributed by atoms with Gasteiger partial charge in [-0.2, -0.15) is 0 Å². The highest BCUT2D eigenvalue weighted by Crippen LogP contribution is 2.36. The summed E-state index contributed by atoms with van der Waals surface area (Å²) in [4.78, 5) is 0. The quantitative estimate of drug-likeness (QED) is 0.726. The van der Waals surface area contributed by atoms with Gasteiger partial charge in [-0.3, -0.25) is 0 Å². The molecule has 2 nitrogen and oxygen atoms in total. The smallest absolute Gasteiger partial charge is 0.0156 e. The standard InChI is InChI=1S/C7H16N2.2ClH/c1-6(8)2-3-7(9)4-5-7;;/h6H,2-5,8-9H2,1H3;2*1H/t6-;;/m0../s1. The van der Waals surface area contributed by atoms with E-state index in [1.165, 1.54) is 12.8 Å². The summed E-state index contributed by atoms with van der Waals surface area (Å²) in [7, 11) is 0. The number of nitrogens with two attached hydrogens (primary N) is 2. The molecule has 0 aliphatic heterocycles. The van der Waals surface area contributed by atoms with Crippen molar-refractivity contribution in [3.8, 4) is 0 Å². The number of hydrogen-bond acceptors (Lipinski definition) is 2. The van der Waals surface area contributed by atoms with E-state index in [4.69, 9.17) is 11.5 Å². The fraction of sp³-hybridized carbons (Fsp3) is 1.00. The zero-order valence-electron chi connectivity index (χ0n) is 6.88. The van der Waals surface area contributed by atoms with Crippen LogP contribution in [0.15, 0.2) is 0 Å². The van der Waals surface area contributed by atoms with Gasteiger partial charge in [0.05, 0.1) is 0 Å². The largest absolute Gasteiger partial charge is 0.328 e. The molecule has 0 radical (unpaired) electrons. The number of rotatable bonds is 3. The first kappa shape index (κ1) is 14.0. The first-order valence-corrected chi connectivity index (χ1v) is 3.67. The lowest BCUT2D eigenvalue weighted by Gasteiger charge is -2.09. The average molecular weight is 201 g/mol. The minimum absolute atomic E-state index is 0. The van der Waals surface area contributed by atoms with Crippen molar-refractivity contribution in [2.45, 2.75) is 44.2 Å². The third-order valence-electron chi connectivity index (χ3n) is 1.99. The topological polar surface area (TPSA) is 52.0 Å². The lowest BCUT2D eigenvalue weighted by Crippen LogP contribution is -2.25. The lowest BCUT2D eigenvalue weighted by molar-refractivity contribution is 0.530. The molecule has 1 aliphatic carbocycles. The summed E-state index contributed by atoms with van der Waals surface area (Å²) in [5, 5.41) is 0. The lowest BCUT2D eigenvalue weighted by atomic mass is 10.1. The molecule has 1 aliphatic rings. The highest BCUT2D eigenvalue weighted by atomic mass is 35.5. The van der Waals surface area contributed by atoms with Crippen molar-refractivity contribution in [2.24, 2.45) is 11.5 Å². The van der Waals surface area contributed by atoms with Gasteiger partial charge in [-0.25, -0.2) is 0 Å². The van der Waals surface area contributed by atoms with Gasteiger partial charge >= 0.3 is 0 Å². The summed E-state index contributed by atoms with van der Waals surface area (Å²) in [6, 6.07) is 0.325. The molecule has 0 amide bonds. The Morgan fingerprint density at radius 3 is 2.09 bits per heavy atom. The molecule has 11 heavy (non-hydrogen) atoms. The van der Waals surface area contributed by atoms with Crippen molar-refractivity contribution < 1.29 is 0 Å². The molecule has 0 aromatic carbocycles. The van der Waals surface area contributed by atoms with Gasteiger partial charge < -0.3 is 11.5 Å². The summed E-state index contributed by atoms with van der Waals surface area (Å²) < 4.78 is 0.